The van der Waals surface area contributed by atoms with Gasteiger partial charge in [0.2, 0.25) is 5.91 Å². The van der Waals surface area contributed by atoms with Gasteiger partial charge in [-0.05, 0) is 50.5 Å². The molecular weight excluding hydrogens is 357 g/mol. The number of nitrogens with zero attached hydrogens (tertiary/aromatic N) is 1. The molecule has 26 heavy (non-hydrogen) atoms. The number of benzene rings is 1. The Balaban J connectivity index is 1.38. The second-order valence-electron chi connectivity index (χ2n) is 7.47. The molecule has 2 fully saturated rings. The quantitative estimate of drug-likeness (QED) is 0.862. The maximum absolute atomic E-state index is 13.4. The van der Waals surface area contributed by atoms with Crippen molar-refractivity contribution in [2.24, 2.45) is 5.41 Å². The molecule has 1 aliphatic heterocycles. The highest BCUT2D eigenvalue weighted by atomic mass is 35.5. The lowest BCUT2D eigenvalue weighted by molar-refractivity contribution is -0.134. The van der Waals surface area contributed by atoms with Gasteiger partial charge in [0.05, 0.1) is 0 Å². The standard InChI is InChI=1S/C19H21ClFN3O2/c1-11(18(26)24-6-4-19(5-7-24)10-16(19)21)22-17(25)15-9-12-8-13(20)2-3-14(12)23-15/h2-3,8-9,11,16,23H,4-7,10H2,1H3,(H,22,25)/t11-,16+/m1/s1. The summed E-state index contributed by atoms with van der Waals surface area (Å²) in [5, 5.41) is 4.18. The Bertz CT molecular complexity index is 873. The third-order valence-corrected chi connectivity index (χ3v) is 5.94. The van der Waals surface area contributed by atoms with Crippen LogP contribution in [0, 0.1) is 5.41 Å². The largest absolute Gasteiger partial charge is 0.351 e. The van der Waals surface area contributed by atoms with Gasteiger partial charge in [0.1, 0.15) is 17.9 Å². The van der Waals surface area contributed by atoms with Gasteiger partial charge in [-0.15, -0.1) is 0 Å². The molecule has 5 nitrogen and oxygen atoms in total. The number of alkyl halides is 1. The first-order valence-corrected chi connectivity index (χ1v) is 9.28. The van der Waals surface area contributed by atoms with Gasteiger partial charge in [0.15, 0.2) is 0 Å². The van der Waals surface area contributed by atoms with Crippen LogP contribution in [0.3, 0.4) is 0 Å². The molecule has 4 rings (SSSR count). The topological polar surface area (TPSA) is 65.2 Å². The summed E-state index contributed by atoms with van der Waals surface area (Å²) in [4.78, 5) is 29.8. The Morgan fingerprint density at radius 3 is 2.69 bits per heavy atom. The maximum Gasteiger partial charge on any atom is 0.268 e. The van der Waals surface area contributed by atoms with Gasteiger partial charge in [-0.2, -0.15) is 0 Å². The molecule has 1 aromatic heterocycles. The number of aromatic nitrogens is 1. The van der Waals surface area contributed by atoms with Crippen LogP contribution in [0.4, 0.5) is 4.39 Å². The Hall–Kier alpha value is -2.08. The van der Waals surface area contributed by atoms with Crippen molar-refractivity contribution in [1.82, 2.24) is 15.2 Å². The maximum atomic E-state index is 13.4. The first kappa shape index (κ1) is 17.3. The fourth-order valence-corrected chi connectivity index (χ4v) is 4.00. The number of rotatable bonds is 3. The van der Waals surface area contributed by atoms with Crippen LogP contribution >= 0.6 is 11.6 Å². The van der Waals surface area contributed by atoms with Crippen LogP contribution in [0.2, 0.25) is 5.02 Å². The fourth-order valence-electron chi connectivity index (χ4n) is 3.82. The van der Waals surface area contributed by atoms with E-state index in [1.807, 2.05) is 6.07 Å². The second-order valence-corrected chi connectivity index (χ2v) is 7.91. The van der Waals surface area contributed by atoms with E-state index in [1.165, 1.54) is 0 Å². The number of fused-ring (bicyclic) bond motifs is 1. The molecule has 1 aromatic carbocycles. The first-order valence-electron chi connectivity index (χ1n) is 8.90. The smallest absolute Gasteiger partial charge is 0.268 e. The molecule has 138 valence electrons. The number of amides is 2. The lowest BCUT2D eigenvalue weighted by Crippen LogP contribution is -2.49. The van der Waals surface area contributed by atoms with Crippen LogP contribution < -0.4 is 5.32 Å². The van der Waals surface area contributed by atoms with Crippen LogP contribution in [0.25, 0.3) is 10.9 Å². The van der Waals surface area contributed by atoms with E-state index in [9.17, 15) is 14.0 Å². The number of carbonyl (C=O) groups is 2. The van der Waals surface area contributed by atoms with Crippen LogP contribution in [-0.4, -0.2) is 47.0 Å². The number of carbonyl (C=O) groups excluding carboxylic acids is 2. The third-order valence-electron chi connectivity index (χ3n) is 5.71. The van der Waals surface area contributed by atoms with Crippen LogP contribution in [0.5, 0.6) is 0 Å². The predicted octanol–water partition coefficient (Wildman–Crippen LogP) is 3.29. The van der Waals surface area contributed by atoms with Crippen LogP contribution in [-0.2, 0) is 4.79 Å². The molecule has 1 saturated heterocycles. The van der Waals surface area contributed by atoms with E-state index in [0.717, 1.165) is 10.9 Å². The SMILES string of the molecule is C[C@@H](NC(=O)c1cc2cc(Cl)ccc2[nH]1)C(=O)N1CCC2(CC1)C[C@@H]2F. The average molecular weight is 378 g/mol. The zero-order valence-corrected chi connectivity index (χ0v) is 15.3. The average Bonchev–Trinajstić information content (AvgIpc) is 3.05. The van der Waals surface area contributed by atoms with Crippen molar-refractivity contribution in [3.8, 4) is 0 Å². The molecule has 1 saturated carbocycles. The first-order chi connectivity index (χ1) is 12.4. The molecule has 2 amide bonds. The number of aromatic amines is 1. The van der Waals surface area contributed by atoms with E-state index < -0.39 is 12.2 Å². The molecule has 0 unspecified atom stereocenters. The summed E-state index contributed by atoms with van der Waals surface area (Å²) in [6.07, 6.45) is 1.35. The molecule has 1 aliphatic carbocycles. The van der Waals surface area contributed by atoms with Crippen LogP contribution in [0.15, 0.2) is 24.3 Å². The lowest BCUT2D eigenvalue weighted by Gasteiger charge is -2.33. The minimum Gasteiger partial charge on any atom is -0.351 e. The summed E-state index contributed by atoms with van der Waals surface area (Å²) in [5.41, 5.74) is 1.03. The van der Waals surface area contributed by atoms with Crippen LogP contribution in [0.1, 0.15) is 36.7 Å². The van der Waals surface area contributed by atoms with Crippen molar-refractivity contribution in [3.63, 3.8) is 0 Å². The van der Waals surface area contributed by atoms with Crippen molar-refractivity contribution >= 4 is 34.3 Å². The molecular formula is C19H21ClFN3O2. The van der Waals surface area contributed by atoms with E-state index in [2.05, 4.69) is 10.3 Å². The Labute approximate surface area is 155 Å². The minimum atomic E-state index is -0.701. The molecule has 2 aromatic rings. The number of halogens is 2. The normalized spacial score (nSPS) is 22.4. The summed E-state index contributed by atoms with van der Waals surface area (Å²) in [6, 6.07) is 6.42. The van der Waals surface area contributed by atoms with Gasteiger partial charge in [-0.1, -0.05) is 11.6 Å². The number of likely N-dealkylation sites (tertiary alicyclic amines) is 1. The molecule has 7 heteroatoms. The van der Waals surface area contributed by atoms with E-state index in [-0.39, 0.29) is 17.2 Å². The lowest BCUT2D eigenvalue weighted by atomic mass is 9.93. The molecule has 0 radical (unpaired) electrons. The zero-order chi connectivity index (χ0) is 18.5. The van der Waals surface area contributed by atoms with Crippen molar-refractivity contribution in [3.05, 3.63) is 35.0 Å². The predicted molar refractivity (Wildman–Crippen MR) is 98.0 cm³/mol. The summed E-state index contributed by atoms with van der Waals surface area (Å²) in [7, 11) is 0. The summed E-state index contributed by atoms with van der Waals surface area (Å²) < 4.78 is 13.4. The van der Waals surface area contributed by atoms with Gasteiger partial charge < -0.3 is 15.2 Å². The highest BCUT2D eigenvalue weighted by molar-refractivity contribution is 6.31. The Morgan fingerprint density at radius 2 is 2.04 bits per heavy atom. The van der Waals surface area contributed by atoms with Crippen molar-refractivity contribution in [2.75, 3.05) is 13.1 Å². The van der Waals surface area contributed by atoms with Gasteiger partial charge in [0, 0.05) is 34.4 Å². The highest BCUT2D eigenvalue weighted by Crippen LogP contribution is 2.55. The number of nitrogens with one attached hydrogen (secondary N) is 2. The highest BCUT2D eigenvalue weighted by Gasteiger charge is 2.56. The summed E-state index contributed by atoms with van der Waals surface area (Å²) in [5.74, 6) is -0.457. The monoisotopic (exact) mass is 377 g/mol. The molecule has 2 atom stereocenters. The Morgan fingerprint density at radius 1 is 1.35 bits per heavy atom. The molecule has 2 aliphatic rings. The third kappa shape index (κ3) is 3.07. The van der Waals surface area contributed by atoms with Gasteiger partial charge >= 0.3 is 0 Å². The summed E-state index contributed by atoms with van der Waals surface area (Å²) >= 11 is 5.96. The molecule has 2 N–H and O–H groups in total. The van der Waals surface area contributed by atoms with Crippen molar-refractivity contribution < 1.29 is 14.0 Å². The fraction of sp³-hybridized carbons (Fsp3) is 0.474. The number of H-pyrrole nitrogens is 1. The van der Waals surface area contributed by atoms with E-state index in [0.29, 0.717) is 43.1 Å². The molecule has 0 bridgehead atoms. The zero-order valence-electron chi connectivity index (χ0n) is 14.5. The molecule has 1 spiro atoms. The van der Waals surface area contributed by atoms with Crippen molar-refractivity contribution in [2.45, 2.75) is 38.4 Å². The van der Waals surface area contributed by atoms with Gasteiger partial charge in [-0.25, -0.2) is 4.39 Å². The van der Waals surface area contributed by atoms with Gasteiger partial charge in [-0.3, -0.25) is 9.59 Å². The van der Waals surface area contributed by atoms with E-state index in [4.69, 9.17) is 11.6 Å². The Kier molecular flexibility index (Phi) is 4.18. The number of piperidine rings is 1. The second kappa shape index (κ2) is 6.27. The van der Waals surface area contributed by atoms with Crippen molar-refractivity contribution in [1.29, 1.82) is 0 Å². The molecule has 2 heterocycles. The van der Waals surface area contributed by atoms with E-state index in [1.54, 1.807) is 30.0 Å². The summed E-state index contributed by atoms with van der Waals surface area (Å²) in [6.45, 7) is 2.80. The number of hydrogen-bond acceptors (Lipinski definition) is 2. The van der Waals surface area contributed by atoms with Gasteiger partial charge in [0.25, 0.3) is 5.91 Å². The van der Waals surface area contributed by atoms with E-state index >= 15 is 0 Å². The number of hydrogen-bond donors (Lipinski definition) is 2. The minimum absolute atomic E-state index is 0.122.